The van der Waals surface area contributed by atoms with Gasteiger partial charge in [0.1, 0.15) is 40.1 Å². The summed E-state index contributed by atoms with van der Waals surface area (Å²) in [7, 11) is 0. The molecule has 6 rings (SSSR count). The zero-order chi connectivity index (χ0) is 35.5. The van der Waals surface area contributed by atoms with Crippen LogP contribution in [0.2, 0.25) is 5.02 Å². The second-order valence-electron chi connectivity index (χ2n) is 14.7. The van der Waals surface area contributed by atoms with Crippen LogP contribution in [0, 0.1) is 5.92 Å². The van der Waals surface area contributed by atoms with Crippen molar-refractivity contribution in [3.63, 3.8) is 0 Å². The Hall–Kier alpha value is -3.71. The molecule has 0 unspecified atom stereocenters. The largest absolute Gasteiger partial charge is 0.472 e. The molecule has 11 nitrogen and oxygen atoms in total. The molecule has 0 saturated carbocycles. The van der Waals surface area contributed by atoms with Gasteiger partial charge >= 0.3 is 12.1 Å². The Labute approximate surface area is 297 Å². The summed E-state index contributed by atoms with van der Waals surface area (Å²) in [4.78, 5) is 43.5. The van der Waals surface area contributed by atoms with E-state index in [1.165, 1.54) is 17.2 Å². The quantitative estimate of drug-likeness (QED) is 0.146. The van der Waals surface area contributed by atoms with Gasteiger partial charge in [0.2, 0.25) is 5.88 Å². The van der Waals surface area contributed by atoms with Gasteiger partial charge in [0.15, 0.2) is 16.1 Å². The predicted octanol–water partition coefficient (Wildman–Crippen LogP) is 8.00. The van der Waals surface area contributed by atoms with E-state index < -0.39 is 47.0 Å². The Kier molecular flexibility index (Phi) is 9.23. The van der Waals surface area contributed by atoms with Crippen LogP contribution in [0.15, 0.2) is 45.7 Å². The highest BCUT2D eigenvalue weighted by Gasteiger charge is 2.48. The number of esters is 1. The van der Waals surface area contributed by atoms with Gasteiger partial charge in [-0.15, -0.1) is 0 Å². The fraction of sp³-hybridized carbons (Fsp3) is 0.514. The monoisotopic (exact) mass is 759 g/mol. The highest BCUT2D eigenvalue weighted by atomic mass is 79.9. The molecule has 2 saturated heterocycles. The second-order valence-corrected chi connectivity index (χ2v) is 15.9. The smallest absolute Gasteiger partial charge is 0.410 e. The lowest BCUT2D eigenvalue weighted by molar-refractivity contribution is -0.156. The zero-order valence-corrected chi connectivity index (χ0v) is 30.9. The molecule has 262 valence electrons. The van der Waals surface area contributed by atoms with E-state index in [9.17, 15) is 9.59 Å². The second kappa shape index (κ2) is 12.9. The van der Waals surface area contributed by atoms with Crippen molar-refractivity contribution >= 4 is 67.5 Å². The van der Waals surface area contributed by atoms with Crippen LogP contribution >= 0.6 is 27.5 Å². The van der Waals surface area contributed by atoms with Crippen molar-refractivity contribution in [1.29, 1.82) is 0 Å². The van der Waals surface area contributed by atoms with E-state index >= 15 is 4.39 Å². The third-order valence-electron chi connectivity index (χ3n) is 8.60. The minimum absolute atomic E-state index is 0.0118. The molecule has 0 spiro atoms. The van der Waals surface area contributed by atoms with Crippen molar-refractivity contribution in [1.82, 2.24) is 19.9 Å². The van der Waals surface area contributed by atoms with E-state index in [2.05, 4.69) is 30.9 Å². The molecule has 0 N–H and O–H groups in total. The minimum Gasteiger partial charge on any atom is -0.472 e. The average molecular weight is 761 g/mol. The van der Waals surface area contributed by atoms with Gasteiger partial charge in [-0.2, -0.15) is 0 Å². The Balaban J connectivity index is 1.32. The summed E-state index contributed by atoms with van der Waals surface area (Å²) in [5, 5.41) is 1.05. The Morgan fingerprint density at radius 2 is 1.80 bits per heavy atom. The number of ether oxygens (including phenoxy) is 3. The number of furan rings is 1. The van der Waals surface area contributed by atoms with Crippen LogP contribution in [0.5, 0.6) is 5.88 Å². The van der Waals surface area contributed by atoms with Crippen LogP contribution in [0.3, 0.4) is 0 Å². The van der Waals surface area contributed by atoms with Gasteiger partial charge in [-0.05, 0) is 75.7 Å². The first-order chi connectivity index (χ1) is 22.9. The van der Waals surface area contributed by atoms with Gasteiger partial charge < -0.3 is 28.4 Å². The summed E-state index contributed by atoms with van der Waals surface area (Å²) < 4.78 is 41.6. The Bertz CT molecular complexity index is 1910. The Morgan fingerprint density at radius 1 is 1.08 bits per heavy atom. The lowest BCUT2D eigenvalue weighted by Gasteiger charge is -2.42. The number of carbonyl (C=O) groups is 2. The van der Waals surface area contributed by atoms with E-state index in [0.717, 1.165) is 5.39 Å². The molecule has 0 bridgehead atoms. The van der Waals surface area contributed by atoms with Gasteiger partial charge in [0.05, 0.1) is 17.1 Å². The van der Waals surface area contributed by atoms with E-state index in [0.29, 0.717) is 27.2 Å². The number of halogens is 3. The topological polar surface area (TPSA) is 120 Å². The van der Waals surface area contributed by atoms with E-state index in [1.807, 2.05) is 24.3 Å². The predicted molar refractivity (Wildman–Crippen MR) is 187 cm³/mol. The first-order valence-corrected chi connectivity index (χ1v) is 17.4. The molecular formula is C35H40BrClFN5O6. The number of carbonyl (C=O) groups excluding carboxylic acids is 2. The molecule has 4 atom stereocenters. The van der Waals surface area contributed by atoms with Crippen LogP contribution in [0.1, 0.15) is 66.9 Å². The number of fused-ring (bicyclic) bond motifs is 3. The van der Waals surface area contributed by atoms with E-state index in [-0.39, 0.29) is 48.9 Å². The van der Waals surface area contributed by atoms with Crippen LogP contribution in [0.25, 0.3) is 22.1 Å². The van der Waals surface area contributed by atoms with Crippen LogP contribution in [-0.2, 0) is 19.9 Å². The molecule has 49 heavy (non-hydrogen) atoms. The molecule has 14 heteroatoms. The molecule has 4 aromatic rings. The lowest BCUT2D eigenvalue weighted by Crippen LogP contribution is -2.50. The van der Waals surface area contributed by atoms with Gasteiger partial charge in [-0.1, -0.05) is 30.7 Å². The molecule has 2 fully saturated rings. The molecule has 1 amide bonds. The first-order valence-electron chi connectivity index (χ1n) is 16.3. The average Bonchev–Trinajstić information content (AvgIpc) is 3.59. The summed E-state index contributed by atoms with van der Waals surface area (Å²) in [5.74, 6) is -0.640. The molecule has 1 aromatic carbocycles. The maximum absolute atomic E-state index is 17.2. The SMILES string of the molecule is C[C@H]1CN(C(=O)OC(C)(C)C)CC[C@]1(F)c1cc(Cl)cnc1O[C@H]1C[C@@H](C(=O)OC(C)(C)C)N(c2nc(Br)nc3c2oc2ccccc23)C1. The normalized spacial score (nSPS) is 23.3. The number of likely N-dealkylation sites (tertiary alicyclic amines) is 1. The number of alkyl halides is 1. The number of nitrogens with zero attached hydrogens (tertiary/aromatic N) is 5. The molecule has 2 aliphatic rings. The summed E-state index contributed by atoms with van der Waals surface area (Å²) in [6, 6.07) is 8.23. The van der Waals surface area contributed by atoms with Crippen LogP contribution in [0.4, 0.5) is 15.0 Å². The minimum atomic E-state index is -1.91. The third kappa shape index (κ3) is 7.28. The molecule has 0 radical (unpaired) electrons. The van der Waals surface area contributed by atoms with Crippen molar-refractivity contribution in [3.05, 3.63) is 51.8 Å². The number of hydrogen-bond donors (Lipinski definition) is 0. The van der Waals surface area contributed by atoms with Crippen LogP contribution in [-0.4, -0.2) is 74.9 Å². The summed E-state index contributed by atoms with van der Waals surface area (Å²) in [5.41, 5.74) is -1.52. The number of anilines is 1. The number of benzene rings is 1. The standard InChI is InChI=1S/C35H40BrClFN5O6/c1-19-17-42(32(45)49-34(5,6)7)13-12-35(19,38)23-14-20(37)16-39-29(23)46-21-15-24(30(44)48-33(2,3)4)43(18-21)28-27-26(40-31(36)41-28)22-10-8-9-11-25(22)47-27/h8-11,14,16,19,21,24H,12-13,15,17-18H2,1-7H3/t19-,21-,24-,35+/m0/s1. The van der Waals surface area contributed by atoms with Crippen molar-refractivity contribution in [2.24, 2.45) is 5.92 Å². The number of aromatic nitrogens is 3. The lowest BCUT2D eigenvalue weighted by atomic mass is 9.79. The van der Waals surface area contributed by atoms with Gasteiger partial charge in [0.25, 0.3) is 0 Å². The summed E-state index contributed by atoms with van der Waals surface area (Å²) >= 11 is 9.82. The highest BCUT2D eigenvalue weighted by Crippen LogP contribution is 2.46. The maximum atomic E-state index is 17.2. The summed E-state index contributed by atoms with van der Waals surface area (Å²) in [6.07, 6.45) is 0.475. The molecule has 0 aliphatic carbocycles. The van der Waals surface area contributed by atoms with Crippen molar-refractivity contribution in [3.8, 4) is 5.88 Å². The van der Waals surface area contributed by atoms with Gasteiger partial charge in [-0.25, -0.2) is 28.9 Å². The number of rotatable bonds is 5. The van der Waals surface area contributed by atoms with Gasteiger partial charge in [-0.3, -0.25) is 0 Å². The molecule has 5 heterocycles. The third-order valence-corrected chi connectivity index (χ3v) is 9.17. The highest BCUT2D eigenvalue weighted by molar-refractivity contribution is 9.10. The van der Waals surface area contributed by atoms with Crippen LogP contribution < -0.4 is 9.64 Å². The van der Waals surface area contributed by atoms with E-state index in [1.54, 1.807) is 53.4 Å². The van der Waals surface area contributed by atoms with Crippen molar-refractivity contribution in [2.45, 2.75) is 90.3 Å². The molecule has 2 aliphatic heterocycles. The van der Waals surface area contributed by atoms with Crippen molar-refractivity contribution in [2.75, 3.05) is 24.5 Å². The fourth-order valence-electron chi connectivity index (χ4n) is 6.43. The molecular weight excluding hydrogens is 721 g/mol. The first kappa shape index (κ1) is 35.1. The number of para-hydroxylation sites is 1. The number of piperidine rings is 1. The number of hydrogen-bond acceptors (Lipinski definition) is 10. The number of amides is 1. The Morgan fingerprint density at radius 3 is 2.49 bits per heavy atom. The fourth-order valence-corrected chi connectivity index (χ4v) is 6.94. The number of pyridine rings is 1. The zero-order valence-electron chi connectivity index (χ0n) is 28.6. The molecule has 3 aromatic heterocycles. The summed E-state index contributed by atoms with van der Waals surface area (Å²) in [6.45, 7) is 13.0. The maximum Gasteiger partial charge on any atom is 0.410 e. The van der Waals surface area contributed by atoms with Gasteiger partial charge in [0, 0.05) is 43.4 Å². The van der Waals surface area contributed by atoms with E-state index in [4.69, 9.17) is 30.2 Å². The van der Waals surface area contributed by atoms with Crippen molar-refractivity contribution < 1.29 is 32.6 Å².